The summed E-state index contributed by atoms with van der Waals surface area (Å²) in [6.07, 6.45) is 1.55. The van der Waals surface area contributed by atoms with Gasteiger partial charge in [0, 0.05) is 43.9 Å². The molecule has 1 aliphatic heterocycles. The van der Waals surface area contributed by atoms with Crippen LogP contribution in [0.2, 0.25) is 0 Å². The molecule has 0 bridgehead atoms. The number of nitrogens with zero attached hydrogens (tertiary/aromatic N) is 6. The molecule has 1 amide bonds. The molecule has 10 heteroatoms. The third-order valence-electron chi connectivity index (χ3n) is 6.31. The van der Waals surface area contributed by atoms with Crippen LogP contribution in [-0.4, -0.2) is 63.3 Å². The van der Waals surface area contributed by atoms with Crippen LogP contribution in [0, 0.1) is 5.82 Å². The van der Waals surface area contributed by atoms with E-state index in [9.17, 15) is 14.0 Å². The van der Waals surface area contributed by atoms with Crippen molar-refractivity contribution in [3.05, 3.63) is 100 Å². The summed E-state index contributed by atoms with van der Waals surface area (Å²) < 4.78 is 20.2. The standard InChI is InChI=1S/C28H27FN6O3/c1-2-38-23-8-6-21(7-9-23)25-17-26(31-19-30-25)33-12-14-34(15-13-33)28(37)24-10-11-27(36)35(32-24)18-20-4-3-5-22(29)16-20/h3-11,16-17,19H,2,12-15,18H2,1H3. The van der Waals surface area contributed by atoms with E-state index in [-0.39, 0.29) is 23.7 Å². The molecule has 9 nitrogen and oxygen atoms in total. The van der Waals surface area contributed by atoms with E-state index in [1.165, 1.54) is 28.9 Å². The van der Waals surface area contributed by atoms with E-state index in [1.807, 2.05) is 37.3 Å². The van der Waals surface area contributed by atoms with Crippen molar-refractivity contribution in [1.29, 1.82) is 0 Å². The van der Waals surface area contributed by atoms with E-state index in [0.29, 0.717) is 38.3 Å². The highest BCUT2D eigenvalue weighted by atomic mass is 19.1. The first-order valence-electron chi connectivity index (χ1n) is 12.4. The van der Waals surface area contributed by atoms with Crippen molar-refractivity contribution >= 4 is 11.7 Å². The minimum Gasteiger partial charge on any atom is -0.494 e. The molecule has 0 aliphatic carbocycles. The quantitative estimate of drug-likeness (QED) is 0.374. The Hall–Kier alpha value is -4.60. The summed E-state index contributed by atoms with van der Waals surface area (Å²) in [5.41, 5.74) is 2.18. The number of carbonyl (C=O) groups excluding carboxylic acids is 1. The van der Waals surface area contributed by atoms with Gasteiger partial charge in [-0.1, -0.05) is 12.1 Å². The Morgan fingerprint density at radius 1 is 0.974 bits per heavy atom. The van der Waals surface area contributed by atoms with Crippen molar-refractivity contribution in [2.24, 2.45) is 0 Å². The van der Waals surface area contributed by atoms with E-state index in [4.69, 9.17) is 4.74 Å². The van der Waals surface area contributed by atoms with Crippen molar-refractivity contribution in [3.8, 4) is 17.0 Å². The molecule has 0 atom stereocenters. The van der Waals surface area contributed by atoms with Gasteiger partial charge in [-0.15, -0.1) is 0 Å². The highest BCUT2D eigenvalue weighted by Crippen LogP contribution is 2.24. The molecule has 1 fully saturated rings. The number of piperazine rings is 1. The summed E-state index contributed by atoms with van der Waals surface area (Å²) in [7, 11) is 0. The summed E-state index contributed by atoms with van der Waals surface area (Å²) in [6, 6.07) is 18.4. The molecule has 3 heterocycles. The second-order valence-corrected chi connectivity index (χ2v) is 8.84. The summed E-state index contributed by atoms with van der Waals surface area (Å²) in [5.74, 6) is 0.953. The molecule has 1 aliphatic rings. The smallest absolute Gasteiger partial charge is 0.274 e. The topological polar surface area (TPSA) is 93.5 Å². The van der Waals surface area contributed by atoms with Gasteiger partial charge in [0.15, 0.2) is 0 Å². The van der Waals surface area contributed by atoms with Crippen molar-refractivity contribution in [3.63, 3.8) is 0 Å². The highest BCUT2D eigenvalue weighted by Gasteiger charge is 2.24. The Bertz CT molecular complexity index is 1480. The van der Waals surface area contributed by atoms with Crippen LogP contribution >= 0.6 is 0 Å². The third kappa shape index (κ3) is 5.69. The fourth-order valence-electron chi connectivity index (χ4n) is 4.35. The average molecular weight is 515 g/mol. The molecular formula is C28H27FN6O3. The molecule has 2 aromatic heterocycles. The number of halogens is 1. The summed E-state index contributed by atoms with van der Waals surface area (Å²) in [6.45, 7) is 4.78. The monoisotopic (exact) mass is 514 g/mol. The van der Waals surface area contributed by atoms with Gasteiger partial charge in [-0.25, -0.2) is 19.0 Å². The van der Waals surface area contributed by atoms with Crippen LogP contribution in [0.3, 0.4) is 0 Å². The molecule has 4 aromatic rings. The Labute approximate surface area is 219 Å². The number of amides is 1. The van der Waals surface area contributed by atoms with Crippen molar-refractivity contribution in [2.75, 3.05) is 37.7 Å². The van der Waals surface area contributed by atoms with E-state index in [1.54, 1.807) is 23.4 Å². The third-order valence-corrected chi connectivity index (χ3v) is 6.31. The van der Waals surface area contributed by atoms with Gasteiger partial charge < -0.3 is 14.5 Å². The molecule has 5 rings (SSSR count). The predicted molar refractivity (Wildman–Crippen MR) is 141 cm³/mol. The highest BCUT2D eigenvalue weighted by molar-refractivity contribution is 5.92. The largest absolute Gasteiger partial charge is 0.494 e. The van der Waals surface area contributed by atoms with Crippen LogP contribution in [0.4, 0.5) is 10.2 Å². The maximum atomic E-state index is 13.5. The number of rotatable bonds is 7. The molecule has 194 valence electrons. The fourth-order valence-corrected chi connectivity index (χ4v) is 4.35. The summed E-state index contributed by atoms with van der Waals surface area (Å²) in [4.78, 5) is 38.1. The SMILES string of the molecule is CCOc1ccc(-c2cc(N3CCN(C(=O)c4ccc(=O)n(Cc5cccc(F)c5)n4)CC3)ncn2)cc1. The minimum atomic E-state index is -0.393. The van der Waals surface area contributed by atoms with Crippen molar-refractivity contribution in [2.45, 2.75) is 13.5 Å². The lowest BCUT2D eigenvalue weighted by atomic mass is 10.1. The van der Waals surface area contributed by atoms with Crippen LogP contribution in [0.25, 0.3) is 11.3 Å². The maximum Gasteiger partial charge on any atom is 0.274 e. The fraction of sp³-hybridized carbons (Fsp3) is 0.250. The number of hydrogen-bond donors (Lipinski definition) is 0. The molecular weight excluding hydrogens is 487 g/mol. The number of carbonyl (C=O) groups is 1. The van der Waals surface area contributed by atoms with Gasteiger partial charge in [0.1, 0.15) is 29.4 Å². The lowest BCUT2D eigenvalue weighted by Crippen LogP contribution is -2.49. The number of anilines is 1. The van der Waals surface area contributed by atoms with Crippen LogP contribution in [0.5, 0.6) is 5.75 Å². The first-order valence-corrected chi connectivity index (χ1v) is 12.4. The first kappa shape index (κ1) is 25.1. The van der Waals surface area contributed by atoms with Crippen LogP contribution in [0.1, 0.15) is 23.0 Å². The molecule has 2 aromatic carbocycles. The van der Waals surface area contributed by atoms with Gasteiger partial charge >= 0.3 is 0 Å². The van der Waals surface area contributed by atoms with E-state index < -0.39 is 5.82 Å². The van der Waals surface area contributed by atoms with Gasteiger partial charge in [-0.3, -0.25) is 9.59 Å². The molecule has 1 saturated heterocycles. The normalized spacial score (nSPS) is 13.4. The maximum absolute atomic E-state index is 13.5. The Kier molecular flexibility index (Phi) is 7.39. The van der Waals surface area contributed by atoms with Gasteiger partial charge in [0.05, 0.1) is 18.8 Å². The molecule has 0 unspecified atom stereocenters. The Balaban J connectivity index is 1.24. The number of aromatic nitrogens is 4. The molecule has 38 heavy (non-hydrogen) atoms. The summed E-state index contributed by atoms with van der Waals surface area (Å²) in [5, 5.41) is 4.26. The molecule has 0 N–H and O–H groups in total. The lowest BCUT2D eigenvalue weighted by Gasteiger charge is -2.35. The van der Waals surface area contributed by atoms with Gasteiger partial charge in [0.2, 0.25) is 0 Å². The van der Waals surface area contributed by atoms with E-state index in [2.05, 4.69) is 20.0 Å². The van der Waals surface area contributed by atoms with Gasteiger partial charge in [-0.2, -0.15) is 5.10 Å². The Morgan fingerprint density at radius 3 is 2.50 bits per heavy atom. The van der Waals surface area contributed by atoms with Crippen molar-refractivity contribution in [1.82, 2.24) is 24.6 Å². The molecule has 0 radical (unpaired) electrons. The summed E-state index contributed by atoms with van der Waals surface area (Å²) >= 11 is 0. The average Bonchev–Trinajstić information content (AvgIpc) is 2.95. The minimum absolute atomic E-state index is 0.0793. The Morgan fingerprint density at radius 2 is 1.76 bits per heavy atom. The number of ether oxygens (including phenoxy) is 1. The lowest BCUT2D eigenvalue weighted by molar-refractivity contribution is 0.0737. The first-order chi connectivity index (χ1) is 18.5. The zero-order valence-corrected chi connectivity index (χ0v) is 21.0. The van der Waals surface area contributed by atoms with Crippen LogP contribution in [-0.2, 0) is 6.54 Å². The van der Waals surface area contributed by atoms with Crippen molar-refractivity contribution < 1.29 is 13.9 Å². The van der Waals surface area contributed by atoms with Crippen LogP contribution in [0.15, 0.2) is 77.9 Å². The van der Waals surface area contributed by atoms with E-state index >= 15 is 0 Å². The number of hydrogen-bond acceptors (Lipinski definition) is 7. The van der Waals surface area contributed by atoms with Gasteiger partial charge in [-0.05, 0) is 55.0 Å². The zero-order chi connectivity index (χ0) is 26.5. The second-order valence-electron chi connectivity index (χ2n) is 8.84. The van der Waals surface area contributed by atoms with Crippen LogP contribution < -0.4 is 15.2 Å². The zero-order valence-electron chi connectivity index (χ0n) is 21.0. The molecule has 0 saturated carbocycles. The second kappa shape index (κ2) is 11.2. The number of benzene rings is 2. The van der Waals surface area contributed by atoms with Gasteiger partial charge in [0.25, 0.3) is 11.5 Å². The molecule has 0 spiro atoms. The predicted octanol–water partition coefficient (Wildman–Crippen LogP) is 3.25. The van der Waals surface area contributed by atoms with E-state index in [0.717, 1.165) is 22.8 Å².